The zero-order valence-electron chi connectivity index (χ0n) is 15.5. The van der Waals surface area contributed by atoms with E-state index in [1.165, 1.54) is 12.1 Å². The van der Waals surface area contributed by atoms with Gasteiger partial charge in [0.1, 0.15) is 17.7 Å². The summed E-state index contributed by atoms with van der Waals surface area (Å²) in [6.45, 7) is 0.604. The minimum atomic E-state index is -4.44. The monoisotopic (exact) mass is 396 g/mol. The lowest BCUT2D eigenvalue weighted by atomic mass is 10.1. The lowest BCUT2D eigenvalue weighted by molar-refractivity contribution is -0.139. The Labute approximate surface area is 167 Å². The molecule has 1 aliphatic rings. The summed E-state index contributed by atoms with van der Waals surface area (Å²) in [5, 5.41) is 0. The van der Waals surface area contributed by atoms with Gasteiger partial charge in [0.05, 0.1) is 5.56 Å². The van der Waals surface area contributed by atoms with Gasteiger partial charge in [-0.3, -0.25) is 0 Å². The van der Waals surface area contributed by atoms with Crippen LogP contribution in [0.5, 0.6) is 5.75 Å². The molecular formula is C23H19F3N2O. The van der Waals surface area contributed by atoms with E-state index < -0.39 is 17.8 Å². The van der Waals surface area contributed by atoms with Crippen molar-refractivity contribution in [3.8, 4) is 16.9 Å². The van der Waals surface area contributed by atoms with E-state index in [0.29, 0.717) is 13.0 Å². The first-order chi connectivity index (χ1) is 14.0. The molecule has 1 aromatic heterocycles. The first kappa shape index (κ1) is 19.1. The molecule has 3 nitrogen and oxygen atoms in total. The van der Waals surface area contributed by atoms with Gasteiger partial charge in [-0.05, 0) is 35.9 Å². The maximum atomic E-state index is 13.1. The van der Waals surface area contributed by atoms with Crippen LogP contribution in [0.4, 0.5) is 19.0 Å². The number of pyridine rings is 1. The summed E-state index contributed by atoms with van der Waals surface area (Å²) in [6, 6.07) is 19.2. The van der Waals surface area contributed by atoms with Crippen molar-refractivity contribution in [2.45, 2.75) is 18.7 Å². The minimum Gasteiger partial charge on any atom is -0.486 e. The molecule has 148 valence electrons. The first-order valence-corrected chi connectivity index (χ1v) is 9.30. The topological polar surface area (TPSA) is 25.4 Å². The zero-order chi connectivity index (χ0) is 20.3. The van der Waals surface area contributed by atoms with Crippen molar-refractivity contribution in [1.29, 1.82) is 0 Å². The van der Waals surface area contributed by atoms with Gasteiger partial charge in [-0.15, -0.1) is 0 Å². The highest BCUT2D eigenvalue weighted by Crippen LogP contribution is 2.36. The fourth-order valence-electron chi connectivity index (χ4n) is 3.25. The van der Waals surface area contributed by atoms with E-state index >= 15 is 0 Å². The maximum Gasteiger partial charge on any atom is 0.419 e. The molecule has 2 aromatic carbocycles. The molecule has 0 radical (unpaired) electrons. The Morgan fingerprint density at radius 1 is 0.897 bits per heavy atom. The van der Waals surface area contributed by atoms with E-state index in [1.807, 2.05) is 59.8 Å². The quantitative estimate of drug-likeness (QED) is 0.546. The summed E-state index contributed by atoms with van der Waals surface area (Å²) in [6.07, 6.45) is 1.10. The second kappa shape index (κ2) is 7.99. The molecule has 1 unspecified atom stereocenters. The molecule has 1 atom stereocenters. The molecule has 0 bridgehead atoms. The number of hydrogen-bond acceptors (Lipinski definition) is 3. The van der Waals surface area contributed by atoms with Gasteiger partial charge in [0.15, 0.2) is 0 Å². The first-order valence-electron chi connectivity index (χ1n) is 9.30. The number of nitrogens with zero attached hydrogens (tertiary/aromatic N) is 2. The van der Waals surface area contributed by atoms with E-state index in [2.05, 4.69) is 4.98 Å². The number of hydrogen-bond donors (Lipinski definition) is 0. The van der Waals surface area contributed by atoms with Crippen molar-refractivity contribution in [1.82, 2.24) is 4.98 Å². The second-order valence-corrected chi connectivity index (χ2v) is 6.74. The Hall–Kier alpha value is -3.28. The molecule has 0 spiro atoms. The van der Waals surface area contributed by atoms with Crippen LogP contribution in [0, 0.1) is 0 Å². The van der Waals surface area contributed by atoms with E-state index in [4.69, 9.17) is 4.74 Å². The van der Waals surface area contributed by atoms with Crippen LogP contribution < -0.4 is 9.64 Å². The molecule has 0 N–H and O–H groups in total. The van der Waals surface area contributed by atoms with E-state index in [1.54, 1.807) is 12.1 Å². The number of aromatic nitrogens is 1. The number of halogens is 3. The van der Waals surface area contributed by atoms with Gasteiger partial charge in [0.25, 0.3) is 0 Å². The molecule has 2 heterocycles. The van der Waals surface area contributed by atoms with Gasteiger partial charge in [-0.2, -0.15) is 13.2 Å². The van der Waals surface area contributed by atoms with Gasteiger partial charge in [-0.1, -0.05) is 42.5 Å². The Morgan fingerprint density at radius 2 is 1.66 bits per heavy atom. The fourth-order valence-corrected chi connectivity index (χ4v) is 3.25. The van der Waals surface area contributed by atoms with Crippen molar-refractivity contribution in [2.24, 2.45) is 0 Å². The number of para-hydroxylation sites is 1. The lowest BCUT2D eigenvalue weighted by Crippen LogP contribution is -2.30. The summed E-state index contributed by atoms with van der Waals surface area (Å²) < 4.78 is 45.0. The van der Waals surface area contributed by atoms with Crippen LogP contribution in [-0.4, -0.2) is 17.6 Å². The number of alkyl halides is 3. The van der Waals surface area contributed by atoms with Crippen LogP contribution in [-0.2, 0) is 6.18 Å². The summed E-state index contributed by atoms with van der Waals surface area (Å²) in [7, 11) is 0. The SMILES string of the molecule is FC(F)(F)c1ccccc1OC1C=CN(c2ccc(-c3ccccc3)cn2)CC1. The van der Waals surface area contributed by atoms with Gasteiger partial charge >= 0.3 is 6.18 Å². The molecule has 4 rings (SSSR count). The maximum absolute atomic E-state index is 13.1. The highest BCUT2D eigenvalue weighted by atomic mass is 19.4. The molecule has 1 aliphatic heterocycles. The Kier molecular flexibility index (Phi) is 5.25. The summed E-state index contributed by atoms with van der Waals surface area (Å²) >= 11 is 0. The average molecular weight is 396 g/mol. The number of anilines is 1. The number of ether oxygens (including phenoxy) is 1. The Balaban J connectivity index is 1.44. The van der Waals surface area contributed by atoms with Crippen LogP contribution in [0.3, 0.4) is 0 Å². The molecular weight excluding hydrogens is 377 g/mol. The molecule has 0 aliphatic carbocycles. The molecule has 0 fully saturated rings. The molecule has 0 amide bonds. The van der Waals surface area contributed by atoms with Gasteiger partial charge in [-0.25, -0.2) is 4.98 Å². The third kappa shape index (κ3) is 4.42. The van der Waals surface area contributed by atoms with Crippen LogP contribution in [0.2, 0.25) is 0 Å². The highest BCUT2D eigenvalue weighted by Gasteiger charge is 2.34. The van der Waals surface area contributed by atoms with Gasteiger partial charge in [0, 0.05) is 30.9 Å². The molecule has 0 saturated heterocycles. The van der Waals surface area contributed by atoms with E-state index in [0.717, 1.165) is 23.0 Å². The molecule has 29 heavy (non-hydrogen) atoms. The van der Waals surface area contributed by atoms with Crippen LogP contribution in [0.15, 0.2) is 85.2 Å². The molecule has 6 heteroatoms. The van der Waals surface area contributed by atoms with Gasteiger partial charge in [0.2, 0.25) is 0 Å². The number of rotatable bonds is 4. The fraction of sp³-hybridized carbons (Fsp3) is 0.174. The van der Waals surface area contributed by atoms with E-state index in [-0.39, 0.29) is 5.75 Å². The Bertz CT molecular complexity index is 985. The predicted molar refractivity (Wildman–Crippen MR) is 107 cm³/mol. The van der Waals surface area contributed by atoms with Crippen molar-refractivity contribution in [2.75, 3.05) is 11.4 Å². The summed E-state index contributed by atoms with van der Waals surface area (Å²) in [4.78, 5) is 6.48. The zero-order valence-corrected chi connectivity index (χ0v) is 15.5. The smallest absolute Gasteiger partial charge is 0.419 e. The molecule has 0 saturated carbocycles. The summed E-state index contributed by atoms with van der Waals surface area (Å²) in [5.41, 5.74) is 1.37. The minimum absolute atomic E-state index is 0.145. The average Bonchev–Trinajstić information content (AvgIpc) is 2.75. The Morgan fingerprint density at radius 3 is 2.31 bits per heavy atom. The second-order valence-electron chi connectivity index (χ2n) is 6.74. The van der Waals surface area contributed by atoms with Crippen molar-refractivity contribution >= 4 is 5.82 Å². The van der Waals surface area contributed by atoms with Crippen LogP contribution in [0.25, 0.3) is 11.1 Å². The van der Waals surface area contributed by atoms with Crippen LogP contribution in [0.1, 0.15) is 12.0 Å². The van der Waals surface area contributed by atoms with E-state index in [9.17, 15) is 13.2 Å². The largest absolute Gasteiger partial charge is 0.486 e. The standard InChI is InChI=1S/C23H19F3N2O/c24-23(25,26)20-8-4-5-9-21(20)29-19-12-14-28(15-13-19)22-11-10-18(16-27-22)17-6-2-1-3-7-17/h1-12,14,16,19H,13,15H2. The highest BCUT2D eigenvalue weighted by molar-refractivity contribution is 5.64. The third-order valence-corrected chi connectivity index (χ3v) is 4.76. The van der Waals surface area contributed by atoms with Gasteiger partial charge < -0.3 is 9.64 Å². The molecule has 3 aromatic rings. The predicted octanol–water partition coefficient (Wildman–Crippen LogP) is 5.94. The number of benzene rings is 2. The lowest BCUT2D eigenvalue weighted by Gasteiger charge is -2.28. The van der Waals surface area contributed by atoms with Crippen LogP contribution >= 0.6 is 0 Å². The van der Waals surface area contributed by atoms with Crippen molar-refractivity contribution in [3.63, 3.8) is 0 Å². The normalized spacial score (nSPS) is 16.7. The van der Waals surface area contributed by atoms with Crippen molar-refractivity contribution in [3.05, 3.63) is 90.8 Å². The van der Waals surface area contributed by atoms with Crippen molar-refractivity contribution < 1.29 is 17.9 Å². The summed E-state index contributed by atoms with van der Waals surface area (Å²) in [5.74, 6) is 0.642. The third-order valence-electron chi connectivity index (χ3n) is 4.76.